The molecule has 0 saturated carbocycles. The SMILES string of the molecule is Cc1c(OCCCC2CCN(C(C)(C)C(=O)Nc3ccc4c(C5CCC(=O)NC5=O)nn(C)c4c3)CC2)cccc1-c1ccc(N2CCc3cccc(C(=O)Nc4nc5ccccc5s4)c3C2)nc1C(=O)OC(C)(C)C. The molecule has 0 radical (unpaired) electrons. The normalized spacial score (nSPS) is 16.6. The molecule has 1 unspecified atom stereocenters. The molecule has 3 N–H and O–H groups in total. The summed E-state index contributed by atoms with van der Waals surface area (Å²) in [4.78, 5) is 80.1. The highest BCUT2D eigenvalue weighted by Crippen LogP contribution is 2.37. The average Bonchev–Trinajstić information content (AvgIpc) is 3.96. The van der Waals surface area contributed by atoms with Gasteiger partial charge in [-0.15, -0.1) is 0 Å². The van der Waals surface area contributed by atoms with E-state index >= 15 is 0 Å². The van der Waals surface area contributed by atoms with Crippen molar-refractivity contribution in [1.82, 2.24) is 30.0 Å². The Kier molecular flexibility index (Phi) is 14.5. The largest absolute Gasteiger partial charge is 0.493 e. The molecule has 6 heterocycles. The number of carbonyl (C=O) groups excluding carboxylic acids is 5. The summed E-state index contributed by atoms with van der Waals surface area (Å²) in [5.41, 5.74) is 6.57. The number of piperidine rings is 2. The van der Waals surface area contributed by atoms with E-state index in [1.165, 1.54) is 11.3 Å². The number of aryl methyl sites for hydroxylation is 1. The zero-order chi connectivity index (χ0) is 53.5. The minimum atomic E-state index is -0.754. The zero-order valence-corrected chi connectivity index (χ0v) is 45.1. The van der Waals surface area contributed by atoms with Crippen LogP contribution in [0.2, 0.25) is 0 Å². The van der Waals surface area contributed by atoms with Crippen LogP contribution in [0.5, 0.6) is 5.75 Å². The van der Waals surface area contributed by atoms with E-state index in [-0.39, 0.29) is 35.7 Å². The van der Waals surface area contributed by atoms with Crippen LogP contribution >= 0.6 is 11.3 Å². The van der Waals surface area contributed by atoms with Crippen LogP contribution < -0.4 is 25.6 Å². The van der Waals surface area contributed by atoms with Crippen molar-refractivity contribution in [2.75, 3.05) is 41.8 Å². The van der Waals surface area contributed by atoms with Crippen LogP contribution in [0.3, 0.4) is 0 Å². The summed E-state index contributed by atoms with van der Waals surface area (Å²) < 4.78 is 15.2. The summed E-state index contributed by atoms with van der Waals surface area (Å²) in [6.07, 6.45) is 5.18. The summed E-state index contributed by atoms with van der Waals surface area (Å²) in [6.45, 7) is 14.7. The van der Waals surface area contributed by atoms with Gasteiger partial charge in [0.15, 0.2) is 10.8 Å². The minimum Gasteiger partial charge on any atom is -0.493 e. The molecular formula is C59H65N9O7S. The first-order valence-corrected chi connectivity index (χ1v) is 27.1. The Morgan fingerprint density at radius 3 is 2.41 bits per heavy atom. The van der Waals surface area contributed by atoms with Crippen molar-refractivity contribution in [3.63, 3.8) is 0 Å². The number of benzene rings is 4. The Morgan fingerprint density at radius 1 is 0.842 bits per heavy atom. The van der Waals surface area contributed by atoms with Crippen LogP contribution in [0.15, 0.2) is 91.0 Å². The molecule has 3 aromatic heterocycles. The number of imide groups is 1. The fraction of sp³-hybridized carbons (Fsp3) is 0.390. The predicted octanol–water partition coefficient (Wildman–Crippen LogP) is 10.1. The molecule has 76 heavy (non-hydrogen) atoms. The molecule has 2 fully saturated rings. The van der Waals surface area contributed by atoms with Gasteiger partial charge in [-0.05, 0) is 176 Å². The third kappa shape index (κ3) is 10.9. The molecule has 0 aliphatic carbocycles. The monoisotopic (exact) mass is 1040 g/mol. The van der Waals surface area contributed by atoms with Crippen molar-refractivity contribution < 1.29 is 33.4 Å². The lowest BCUT2D eigenvalue weighted by atomic mass is 9.89. The molecule has 2 saturated heterocycles. The van der Waals surface area contributed by atoms with Crippen LogP contribution in [-0.4, -0.2) is 91.6 Å². The van der Waals surface area contributed by atoms with Gasteiger partial charge in [0.25, 0.3) is 5.91 Å². The summed E-state index contributed by atoms with van der Waals surface area (Å²) in [6, 6.07) is 29.0. The lowest BCUT2D eigenvalue weighted by molar-refractivity contribution is -0.134. The zero-order valence-electron chi connectivity index (χ0n) is 44.2. The molecule has 7 aromatic rings. The Morgan fingerprint density at radius 2 is 1.63 bits per heavy atom. The Balaban J connectivity index is 0.755. The van der Waals surface area contributed by atoms with Crippen LogP contribution in [0.25, 0.3) is 32.2 Å². The van der Waals surface area contributed by atoms with Crippen molar-refractivity contribution in [1.29, 1.82) is 0 Å². The first-order chi connectivity index (χ1) is 36.4. The maximum Gasteiger partial charge on any atom is 0.358 e. The van der Waals surface area contributed by atoms with Gasteiger partial charge in [-0.3, -0.25) is 39.4 Å². The number of hydrogen-bond donors (Lipinski definition) is 3. The number of aromatic nitrogens is 4. The van der Waals surface area contributed by atoms with E-state index in [2.05, 4.69) is 41.9 Å². The van der Waals surface area contributed by atoms with Crippen molar-refractivity contribution in [3.05, 3.63) is 125 Å². The lowest BCUT2D eigenvalue weighted by Crippen LogP contribution is -2.55. The van der Waals surface area contributed by atoms with Crippen molar-refractivity contribution in [3.8, 4) is 16.9 Å². The van der Waals surface area contributed by atoms with Gasteiger partial charge in [-0.1, -0.05) is 47.7 Å². The number of para-hydroxylation sites is 1. The topological polar surface area (TPSA) is 190 Å². The van der Waals surface area contributed by atoms with Crippen LogP contribution in [0.1, 0.15) is 122 Å². The van der Waals surface area contributed by atoms with Gasteiger partial charge in [0, 0.05) is 48.8 Å². The number of esters is 1. The number of thiazole rings is 1. The second-order valence-corrected chi connectivity index (χ2v) is 22.8. The standard InChI is InChI=1S/C59H65N9O7S/c1-35-39(40-22-24-49(62-52(40)55(72)75-58(2,3)4)67-29-28-37-14-10-16-41(44(37)34-67)53(70)64-57-61-45-17-8-9-19-48(45)76-57)15-11-18-47(35)74-32-12-13-36-26-30-68(31-27-36)59(5,6)56(73)60-38-20-21-42-46(33-38)66(7)65-51(42)43-23-25-50(69)63-54(43)71/h8-11,14-22,24,33,36,43H,12-13,23,25-32,34H2,1-7H3,(H,60,73)(H,61,64,70)(H,63,69,71). The van der Waals surface area contributed by atoms with E-state index in [0.717, 1.165) is 87.9 Å². The van der Waals surface area contributed by atoms with Gasteiger partial charge in [-0.2, -0.15) is 5.10 Å². The van der Waals surface area contributed by atoms with Crippen molar-refractivity contribution >= 4 is 78.7 Å². The summed E-state index contributed by atoms with van der Waals surface area (Å²) in [5.74, 6) is -0.0879. The molecule has 0 spiro atoms. The Labute approximate surface area is 446 Å². The number of anilines is 3. The van der Waals surface area contributed by atoms with Crippen molar-refractivity contribution in [2.24, 2.45) is 13.0 Å². The van der Waals surface area contributed by atoms with Gasteiger partial charge < -0.3 is 19.7 Å². The average molecular weight is 1040 g/mol. The molecule has 4 aromatic carbocycles. The highest BCUT2D eigenvalue weighted by Gasteiger charge is 2.38. The van der Waals surface area contributed by atoms with Gasteiger partial charge >= 0.3 is 5.97 Å². The third-order valence-corrected chi connectivity index (χ3v) is 16.0. The molecule has 1 atom stereocenters. The number of carbonyl (C=O) groups is 5. The van der Waals surface area contributed by atoms with E-state index in [1.54, 1.807) is 4.68 Å². The highest BCUT2D eigenvalue weighted by atomic mass is 32.1. The first kappa shape index (κ1) is 52.0. The molecule has 10 rings (SSSR count). The molecule has 3 aliphatic heterocycles. The molecule has 3 aliphatic rings. The maximum absolute atomic E-state index is 14.1. The number of nitrogens with zero attached hydrogens (tertiary/aromatic N) is 6. The number of rotatable bonds is 14. The number of ether oxygens (including phenoxy) is 2. The van der Waals surface area contributed by atoms with E-state index < -0.39 is 23.0 Å². The molecule has 394 valence electrons. The molecule has 0 bridgehead atoms. The fourth-order valence-electron chi connectivity index (χ4n) is 10.8. The number of likely N-dealkylation sites (tertiary alicyclic amines) is 1. The molecule has 17 heteroatoms. The van der Waals surface area contributed by atoms with Gasteiger partial charge in [0.05, 0.1) is 39.5 Å². The predicted molar refractivity (Wildman–Crippen MR) is 296 cm³/mol. The minimum absolute atomic E-state index is 0.0966. The molecule has 4 amide bonds. The fourth-order valence-corrected chi connectivity index (χ4v) is 11.7. The number of amides is 4. The second-order valence-electron chi connectivity index (χ2n) is 21.7. The summed E-state index contributed by atoms with van der Waals surface area (Å²) in [7, 11) is 1.81. The summed E-state index contributed by atoms with van der Waals surface area (Å²) in [5, 5.41) is 14.6. The van der Waals surface area contributed by atoms with Crippen LogP contribution in [-0.2, 0) is 39.1 Å². The van der Waals surface area contributed by atoms with E-state index in [9.17, 15) is 24.0 Å². The number of fused-ring (bicyclic) bond motifs is 3. The lowest BCUT2D eigenvalue weighted by Gasteiger charge is -2.41. The first-order valence-electron chi connectivity index (χ1n) is 26.3. The highest BCUT2D eigenvalue weighted by molar-refractivity contribution is 7.22. The number of pyridine rings is 1. The Bertz CT molecular complexity index is 3370. The second kappa shape index (κ2) is 21.3. The quantitative estimate of drug-likeness (QED) is 0.0532. The Hall–Kier alpha value is -7.50. The van der Waals surface area contributed by atoms with Crippen LogP contribution in [0.4, 0.5) is 16.6 Å². The van der Waals surface area contributed by atoms with Gasteiger partial charge in [0.1, 0.15) is 17.2 Å². The number of hydrogen-bond acceptors (Lipinski definition) is 13. The van der Waals surface area contributed by atoms with Gasteiger partial charge in [0.2, 0.25) is 17.7 Å². The molecular weight excluding hydrogens is 979 g/mol. The number of nitrogens with one attached hydrogen (secondary N) is 3. The van der Waals surface area contributed by atoms with E-state index in [4.69, 9.17) is 14.5 Å². The van der Waals surface area contributed by atoms with E-state index in [0.29, 0.717) is 71.9 Å². The smallest absolute Gasteiger partial charge is 0.358 e. The summed E-state index contributed by atoms with van der Waals surface area (Å²) >= 11 is 1.44. The third-order valence-electron chi connectivity index (χ3n) is 15.1. The van der Waals surface area contributed by atoms with Crippen LogP contribution in [0, 0.1) is 12.8 Å². The molecule has 16 nitrogen and oxygen atoms in total. The van der Waals surface area contributed by atoms with Crippen molar-refractivity contribution in [2.45, 2.75) is 110 Å². The maximum atomic E-state index is 14.1. The van der Waals surface area contributed by atoms with Gasteiger partial charge in [-0.25, -0.2) is 14.8 Å². The van der Waals surface area contributed by atoms with E-state index in [1.807, 2.05) is 134 Å².